The number of likely N-dealkylation sites (N-methyl/N-ethyl adjacent to an activating group) is 1. The quantitative estimate of drug-likeness (QED) is 0.673. The maximum Gasteiger partial charge on any atom is 0.418 e. The molecule has 0 saturated carbocycles. The first-order valence-electron chi connectivity index (χ1n) is 9.17. The van der Waals surface area contributed by atoms with E-state index in [0.717, 1.165) is 19.2 Å². The van der Waals surface area contributed by atoms with Crippen molar-refractivity contribution < 1.29 is 18.0 Å². The number of anilines is 1. The number of alkyl halides is 3. The second-order valence-corrected chi connectivity index (χ2v) is 6.87. The van der Waals surface area contributed by atoms with Gasteiger partial charge in [-0.15, -0.1) is 0 Å². The number of carbonyl (C=O) groups excluding carboxylic acids is 1. The molecule has 152 valence electrons. The van der Waals surface area contributed by atoms with Crippen molar-refractivity contribution in [3.63, 3.8) is 0 Å². The Hall–Kier alpha value is -2.38. The Bertz CT molecular complexity index is 750. The molecule has 0 spiro atoms. The van der Waals surface area contributed by atoms with Crippen LogP contribution in [-0.4, -0.2) is 37.0 Å². The Kier molecular flexibility index (Phi) is 8.02. The van der Waals surface area contributed by atoms with Crippen LogP contribution in [0.25, 0.3) is 0 Å². The number of nitrogens with one attached hydrogen (secondary N) is 2. The zero-order chi connectivity index (χ0) is 20.6. The van der Waals surface area contributed by atoms with Gasteiger partial charge in [0.05, 0.1) is 11.3 Å². The van der Waals surface area contributed by atoms with Gasteiger partial charge in [-0.1, -0.05) is 42.5 Å². The average Bonchev–Trinajstić information content (AvgIpc) is 2.62. The molecule has 0 aliphatic rings. The lowest BCUT2D eigenvalue weighted by Gasteiger charge is -2.20. The fourth-order valence-corrected chi connectivity index (χ4v) is 2.87. The molecule has 1 atom stereocenters. The van der Waals surface area contributed by atoms with Crippen LogP contribution < -0.4 is 10.6 Å². The van der Waals surface area contributed by atoms with E-state index in [9.17, 15) is 18.0 Å². The molecule has 2 aromatic carbocycles. The van der Waals surface area contributed by atoms with Crippen LogP contribution in [0, 0.1) is 0 Å². The van der Waals surface area contributed by atoms with E-state index < -0.39 is 17.6 Å². The fourth-order valence-electron chi connectivity index (χ4n) is 2.87. The number of carbonyl (C=O) groups is 1. The monoisotopic (exact) mass is 393 g/mol. The number of amides is 1. The third-order valence-corrected chi connectivity index (χ3v) is 4.28. The minimum absolute atomic E-state index is 0.0919. The van der Waals surface area contributed by atoms with Crippen molar-refractivity contribution in [2.75, 3.05) is 25.5 Å². The van der Waals surface area contributed by atoms with Gasteiger partial charge in [0.25, 0.3) is 0 Å². The largest absolute Gasteiger partial charge is 0.418 e. The van der Waals surface area contributed by atoms with Crippen LogP contribution >= 0.6 is 0 Å². The minimum atomic E-state index is -4.50. The van der Waals surface area contributed by atoms with Crippen molar-refractivity contribution in [2.24, 2.45) is 0 Å². The molecular weight excluding hydrogens is 367 g/mol. The molecule has 2 rings (SSSR count). The molecule has 0 aliphatic heterocycles. The first kappa shape index (κ1) is 21.9. The van der Waals surface area contributed by atoms with Crippen molar-refractivity contribution >= 4 is 11.6 Å². The summed E-state index contributed by atoms with van der Waals surface area (Å²) >= 11 is 0. The van der Waals surface area contributed by atoms with Gasteiger partial charge in [0.2, 0.25) is 5.91 Å². The molecule has 1 amide bonds. The van der Waals surface area contributed by atoms with Crippen molar-refractivity contribution in [2.45, 2.75) is 32.1 Å². The third-order valence-electron chi connectivity index (χ3n) is 4.28. The SMILES string of the molecule is CC(CC(=O)Nc1ccccc1C(F)(F)F)NCCN(C)Cc1ccccc1. The van der Waals surface area contributed by atoms with E-state index in [1.165, 1.54) is 23.8 Å². The summed E-state index contributed by atoms with van der Waals surface area (Å²) in [5.74, 6) is -0.450. The standard InChI is InChI=1S/C21H26F3N3O/c1-16(25-12-13-27(2)15-17-8-4-3-5-9-17)14-20(28)26-19-11-7-6-10-18(19)21(22,23)24/h3-11,16,25H,12-15H2,1-2H3,(H,26,28). The summed E-state index contributed by atoms with van der Waals surface area (Å²) < 4.78 is 39.0. The first-order chi connectivity index (χ1) is 13.3. The third kappa shape index (κ3) is 7.32. The summed E-state index contributed by atoms with van der Waals surface area (Å²) in [5.41, 5.74) is 0.169. The highest BCUT2D eigenvalue weighted by molar-refractivity contribution is 5.92. The smallest absolute Gasteiger partial charge is 0.325 e. The van der Waals surface area contributed by atoms with Crippen LogP contribution in [0.5, 0.6) is 0 Å². The highest BCUT2D eigenvalue weighted by Crippen LogP contribution is 2.34. The molecular formula is C21H26F3N3O. The normalized spacial score (nSPS) is 12.8. The number of rotatable bonds is 9. The summed E-state index contributed by atoms with van der Waals surface area (Å²) in [6, 6.07) is 14.9. The van der Waals surface area contributed by atoms with Crippen molar-refractivity contribution in [3.05, 3.63) is 65.7 Å². The molecule has 0 saturated heterocycles. The maximum absolute atomic E-state index is 13.0. The number of halogens is 3. The van der Waals surface area contributed by atoms with E-state index in [1.54, 1.807) is 0 Å². The van der Waals surface area contributed by atoms with Crippen LogP contribution in [0.1, 0.15) is 24.5 Å². The highest BCUT2D eigenvalue weighted by Gasteiger charge is 2.33. The molecule has 0 bridgehead atoms. The van der Waals surface area contributed by atoms with E-state index in [0.29, 0.717) is 6.54 Å². The van der Waals surface area contributed by atoms with Crippen LogP contribution in [0.3, 0.4) is 0 Å². The van der Waals surface area contributed by atoms with Gasteiger partial charge in [-0.05, 0) is 31.7 Å². The van der Waals surface area contributed by atoms with Gasteiger partial charge in [-0.2, -0.15) is 13.2 Å². The molecule has 2 N–H and O–H groups in total. The molecule has 0 radical (unpaired) electrons. The van der Waals surface area contributed by atoms with E-state index >= 15 is 0 Å². The fraction of sp³-hybridized carbons (Fsp3) is 0.381. The Labute approximate surface area is 163 Å². The van der Waals surface area contributed by atoms with Gasteiger partial charge in [-0.3, -0.25) is 4.79 Å². The number of benzene rings is 2. The van der Waals surface area contributed by atoms with Gasteiger partial charge >= 0.3 is 6.18 Å². The molecule has 7 heteroatoms. The van der Waals surface area contributed by atoms with Crippen LogP contribution in [0.15, 0.2) is 54.6 Å². The molecule has 1 unspecified atom stereocenters. The average molecular weight is 393 g/mol. The summed E-state index contributed by atoms with van der Waals surface area (Å²) in [4.78, 5) is 14.3. The maximum atomic E-state index is 13.0. The van der Waals surface area contributed by atoms with E-state index in [1.807, 2.05) is 32.2 Å². The Morgan fingerprint density at radius 1 is 1.07 bits per heavy atom. The molecule has 4 nitrogen and oxygen atoms in total. The zero-order valence-corrected chi connectivity index (χ0v) is 16.1. The van der Waals surface area contributed by atoms with E-state index in [4.69, 9.17) is 0 Å². The molecule has 2 aromatic rings. The number of hydrogen-bond donors (Lipinski definition) is 2. The highest BCUT2D eigenvalue weighted by atomic mass is 19.4. The molecule has 0 heterocycles. The summed E-state index contributed by atoms with van der Waals surface area (Å²) in [6.07, 6.45) is -4.41. The Morgan fingerprint density at radius 3 is 2.39 bits per heavy atom. The van der Waals surface area contributed by atoms with Gasteiger partial charge in [0, 0.05) is 32.1 Å². The number of hydrogen-bond acceptors (Lipinski definition) is 3. The lowest BCUT2D eigenvalue weighted by molar-refractivity contribution is -0.137. The Balaban J connectivity index is 1.74. The van der Waals surface area contributed by atoms with Crippen molar-refractivity contribution in [1.29, 1.82) is 0 Å². The number of nitrogens with zero attached hydrogens (tertiary/aromatic N) is 1. The predicted molar refractivity (Wildman–Crippen MR) is 105 cm³/mol. The van der Waals surface area contributed by atoms with E-state index in [2.05, 4.69) is 27.7 Å². The minimum Gasteiger partial charge on any atom is -0.325 e. The van der Waals surface area contributed by atoms with Crippen molar-refractivity contribution in [3.8, 4) is 0 Å². The topological polar surface area (TPSA) is 44.4 Å². The molecule has 0 aromatic heterocycles. The van der Waals surface area contributed by atoms with Gasteiger partial charge in [-0.25, -0.2) is 0 Å². The summed E-state index contributed by atoms with van der Waals surface area (Å²) in [5, 5.41) is 5.61. The Morgan fingerprint density at radius 2 is 1.71 bits per heavy atom. The lowest BCUT2D eigenvalue weighted by atomic mass is 10.1. The van der Waals surface area contributed by atoms with Crippen molar-refractivity contribution in [1.82, 2.24) is 10.2 Å². The van der Waals surface area contributed by atoms with Gasteiger partial charge in [0.15, 0.2) is 0 Å². The summed E-state index contributed by atoms with van der Waals surface area (Å²) in [6.45, 7) is 4.13. The second-order valence-electron chi connectivity index (χ2n) is 6.87. The van der Waals surface area contributed by atoms with Crippen LogP contribution in [-0.2, 0) is 17.5 Å². The van der Waals surface area contributed by atoms with Gasteiger partial charge in [0.1, 0.15) is 0 Å². The summed E-state index contributed by atoms with van der Waals surface area (Å²) in [7, 11) is 2.01. The van der Waals surface area contributed by atoms with Crippen LogP contribution in [0.4, 0.5) is 18.9 Å². The molecule has 0 aliphatic carbocycles. The van der Waals surface area contributed by atoms with Crippen LogP contribution in [0.2, 0.25) is 0 Å². The van der Waals surface area contributed by atoms with E-state index in [-0.39, 0.29) is 18.2 Å². The lowest BCUT2D eigenvalue weighted by Crippen LogP contribution is -2.36. The van der Waals surface area contributed by atoms with Gasteiger partial charge < -0.3 is 15.5 Å². The number of para-hydroxylation sites is 1. The molecule has 0 fully saturated rings. The first-order valence-corrected chi connectivity index (χ1v) is 9.17. The molecule has 28 heavy (non-hydrogen) atoms. The zero-order valence-electron chi connectivity index (χ0n) is 16.1. The second kappa shape index (κ2) is 10.2. The predicted octanol–water partition coefficient (Wildman–Crippen LogP) is 4.14.